The summed E-state index contributed by atoms with van der Waals surface area (Å²) in [6, 6.07) is 10.1. The molecular weight excluding hydrogens is 376 g/mol. The summed E-state index contributed by atoms with van der Waals surface area (Å²) in [5.41, 5.74) is 1.65. The number of benzene rings is 1. The van der Waals surface area contributed by atoms with Gasteiger partial charge in [-0.25, -0.2) is 9.97 Å². The Kier molecular flexibility index (Phi) is 3.47. The highest BCUT2D eigenvalue weighted by molar-refractivity contribution is 5.68. The molecule has 0 aliphatic carbocycles. The molecule has 0 saturated carbocycles. The zero-order valence-corrected chi connectivity index (χ0v) is 16.8. The molecule has 2 aliphatic rings. The average molecular weight is 396 g/mol. The normalized spacial score (nSPS) is 18.9. The van der Waals surface area contributed by atoms with E-state index >= 15 is 0 Å². The van der Waals surface area contributed by atoms with Crippen LogP contribution in [0.15, 0.2) is 61.2 Å². The number of imidazole rings is 1. The van der Waals surface area contributed by atoms with Crippen molar-refractivity contribution in [2.24, 2.45) is 0 Å². The summed E-state index contributed by atoms with van der Waals surface area (Å²) in [5, 5.41) is 8.89. The van der Waals surface area contributed by atoms with Gasteiger partial charge >= 0.3 is 0 Å². The molecule has 5 heterocycles. The number of hydrogen-bond acceptors (Lipinski definition) is 6. The van der Waals surface area contributed by atoms with Crippen molar-refractivity contribution in [3.63, 3.8) is 0 Å². The zero-order chi connectivity index (χ0) is 20.3. The summed E-state index contributed by atoms with van der Waals surface area (Å²) in [4.78, 5) is 16.5. The van der Waals surface area contributed by atoms with E-state index in [2.05, 4.69) is 48.8 Å². The van der Waals surface area contributed by atoms with Crippen LogP contribution in [0, 0.1) is 6.92 Å². The fraction of sp³-hybridized carbons (Fsp3) is 0.227. The number of nitrogens with zero attached hydrogens (tertiary/aromatic N) is 8. The molecule has 4 aromatic rings. The van der Waals surface area contributed by atoms with Crippen LogP contribution in [0.2, 0.25) is 0 Å². The van der Waals surface area contributed by atoms with Crippen molar-refractivity contribution in [1.29, 1.82) is 0 Å². The van der Waals surface area contributed by atoms with E-state index < -0.39 is 0 Å². The van der Waals surface area contributed by atoms with Gasteiger partial charge in [0, 0.05) is 24.2 Å². The molecule has 0 saturated heterocycles. The van der Waals surface area contributed by atoms with E-state index in [0.29, 0.717) is 5.95 Å². The Morgan fingerprint density at radius 3 is 2.80 bits per heavy atom. The van der Waals surface area contributed by atoms with Crippen LogP contribution in [0.25, 0.3) is 23.0 Å². The largest absolute Gasteiger partial charge is 0.318 e. The molecule has 2 aliphatic heterocycles. The first-order chi connectivity index (χ1) is 14.7. The Bertz CT molecular complexity index is 1290. The molecule has 148 valence electrons. The summed E-state index contributed by atoms with van der Waals surface area (Å²) in [6.07, 6.45) is 11.6. The number of anilines is 1. The Balaban J connectivity index is 1.56. The van der Waals surface area contributed by atoms with E-state index in [1.165, 1.54) is 0 Å². The lowest BCUT2D eigenvalue weighted by Crippen LogP contribution is -2.45. The second-order valence-corrected chi connectivity index (χ2v) is 7.62. The molecular formula is C22H20N8. The summed E-state index contributed by atoms with van der Waals surface area (Å²) in [7, 11) is 0. The van der Waals surface area contributed by atoms with Gasteiger partial charge in [-0.2, -0.15) is 4.98 Å². The van der Waals surface area contributed by atoms with Crippen LogP contribution in [-0.2, 0) is 5.54 Å². The number of fused-ring (bicyclic) bond motifs is 6. The van der Waals surface area contributed by atoms with Crippen LogP contribution < -0.4 is 4.90 Å². The molecule has 0 radical (unpaired) electrons. The maximum atomic E-state index is 5.01. The lowest BCUT2D eigenvalue weighted by molar-refractivity contribution is 0.392. The number of hydrogen-bond donors (Lipinski definition) is 0. The van der Waals surface area contributed by atoms with E-state index in [1.807, 2.05) is 54.2 Å². The molecule has 8 heteroatoms. The first-order valence-electron chi connectivity index (χ1n) is 10.1. The van der Waals surface area contributed by atoms with Crippen molar-refractivity contribution < 1.29 is 0 Å². The maximum absolute atomic E-state index is 5.01. The first kappa shape index (κ1) is 17.1. The van der Waals surface area contributed by atoms with Crippen molar-refractivity contribution in [3.05, 3.63) is 72.8 Å². The second kappa shape index (κ2) is 6.09. The Labute approximate surface area is 173 Å². The van der Waals surface area contributed by atoms with Crippen LogP contribution in [-0.4, -0.2) is 34.3 Å². The quantitative estimate of drug-likeness (QED) is 0.527. The fourth-order valence-corrected chi connectivity index (χ4v) is 4.57. The van der Waals surface area contributed by atoms with Gasteiger partial charge in [0.05, 0.1) is 6.20 Å². The Morgan fingerprint density at radius 1 is 1.10 bits per heavy atom. The molecule has 0 spiro atoms. The van der Waals surface area contributed by atoms with Gasteiger partial charge in [-0.15, -0.1) is 10.2 Å². The lowest BCUT2D eigenvalue weighted by atomic mass is 9.89. The van der Waals surface area contributed by atoms with E-state index in [-0.39, 0.29) is 5.54 Å². The molecule has 0 fully saturated rings. The molecule has 1 atom stereocenters. The van der Waals surface area contributed by atoms with Crippen LogP contribution in [0.1, 0.15) is 31.4 Å². The van der Waals surface area contributed by atoms with Crippen molar-refractivity contribution in [2.45, 2.75) is 32.2 Å². The Morgan fingerprint density at radius 2 is 1.97 bits per heavy atom. The van der Waals surface area contributed by atoms with Gasteiger partial charge < -0.3 is 4.90 Å². The fourth-order valence-electron chi connectivity index (χ4n) is 4.57. The summed E-state index contributed by atoms with van der Waals surface area (Å²) in [6.45, 7) is 4.16. The van der Waals surface area contributed by atoms with Crippen LogP contribution in [0.4, 0.5) is 5.82 Å². The molecule has 8 nitrogen and oxygen atoms in total. The molecule has 0 unspecified atom stereocenters. The van der Waals surface area contributed by atoms with Crippen LogP contribution in [0.3, 0.4) is 0 Å². The number of aromatic nitrogens is 7. The third-order valence-corrected chi connectivity index (χ3v) is 6.09. The van der Waals surface area contributed by atoms with Gasteiger partial charge in [-0.3, -0.25) is 9.13 Å². The minimum absolute atomic E-state index is 0.267. The van der Waals surface area contributed by atoms with Crippen molar-refractivity contribution in [1.82, 2.24) is 34.3 Å². The predicted octanol–water partition coefficient (Wildman–Crippen LogP) is 3.56. The van der Waals surface area contributed by atoms with Crippen molar-refractivity contribution in [2.75, 3.05) is 4.90 Å². The molecule has 0 amide bonds. The van der Waals surface area contributed by atoms with Gasteiger partial charge in [-0.1, -0.05) is 43.3 Å². The van der Waals surface area contributed by atoms with Crippen molar-refractivity contribution >= 4 is 5.82 Å². The first-order valence-corrected chi connectivity index (χ1v) is 10.1. The van der Waals surface area contributed by atoms with Gasteiger partial charge in [0.25, 0.3) is 0 Å². The third-order valence-electron chi connectivity index (χ3n) is 6.09. The highest BCUT2D eigenvalue weighted by atomic mass is 15.4. The highest BCUT2D eigenvalue weighted by Crippen LogP contribution is 2.48. The molecule has 30 heavy (non-hydrogen) atoms. The monoisotopic (exact) mass is 396 g/mol. The van der Waals surface area contributed by atoms with Crippen molar-refractivity contribution in [3.8, 4) is 23.0 Å². The minimum atomic E-state index is -0.267. The van der Waals surface area contributed by atoms with E-state index in [9.17, 15) is 0 Å². The SMILES string of the molecule is CC[C@@]12CC=CN1c1nc(-n3ccnc3-c3ccccc3)ncc1-n1c(C)nnc12. The molecule has 1 aromatic carbocycles. The topological polar surface area (TPSA) is 77.5 Å². The van der Waals surface area contributed by atoms with Gasteiger partial charge in [0.1, 0.15) is 22.9 Å². The highest BCUT2D eigenvalue weighted by Gasteiger charge is 2.48. The summed E-state index contributed by atoms with van der Waals surface area (Å²) >= 11 is 0. The standard InChI is InChI=1S/C22H20N8/c1-3-22-10-7-12-29(22)19-17(30-15(2)26-27-20(22)30)14-24-21(25-19)28-13-11-23-18(28)16-8-5-4-6-9-16/h4-9,11-14H,3,10H2,1-2H3/t22-/m0/s1. The van der Waals surface area contributed by atoms with E-state index in [1.54, 1.807) is 6.20 Å². The van der Waals surface area contributed by atoms with Crippen LogP contribution >= 0.6 is 0 Å². The number of aryl methyl sites for hydroxylation is 1. The third kappa shape index (κ3) is 2.13. The number of rotatable bonds is 3. The summed E-state index contributed by atoms with van der Waals surface area (Å²) < 4.78 is 4.02. The predicted molar refractivity (Wildman–Crippen MR) is 112 cm³/mol. The average Bonchev–Trinajstić information content (AvgIpc) is 3.52. The zero-order valence-electron chi connectivity index (χ0n) is 16.8. The summed E-state index contributed by atoms with van der Waals surface area (Å²) in [5.74, 6) is 4.05. The smallest absolute Gasteiger partial charge is 0.237 e. The molecule has 3 aromatic heterocycles. The maximum Gasteiger partial charge on any atom is 0.237 e. The minimum Gasteiger partial charge on any atom is -0.318 e. The second-order valence-electron chi connectivity index (χ2n) is 7.62. The molecule has 0 N–H and O–H groups in total. The Hall–Kier alpha value is -3.81. The molecule has 6 rings (SSSR count). The van der Waals surface area contributed by atoms with Crippen LogP contribution in [0.5, 0.6) is 0 Å². The van der Waals surface area contributed by atoms with E-state index in [4.69, 9.17) is 4.98 Å². The van der Waals surface area contributed by atoms with Gasteiger partial charge in [0.2, 0.25) is 5.95 Å². The van der Waals surface area contributed by atoms with Gasteiger partial charge in [0.15, 0.2) is 11.6 Å². The van der Waals surface area contributed by atoms with E-state index in [0.717, 1.165) is 47.4 Å². The lowest BCUT2D eigenvalue weighted by Gasteiger charge is -2.41. The molecule has 0 bridgehead atoms. The van der Waals surface area contributed by atoms with Gasteiger partial charge in [-0.05, 0) is 19.8 Å².